The quantitative estimate of drug-likeness (QED) is 0.624. The van der Waals surface area contributed by atoms with Crippen molar-refractivity contribution in [1.82, 2.24) is 4.90 Å². The largest absolute Gasteiger partial charge is 0.383 e. The van der Waals surface area contributed by atoms with Crippen LogP contribution in [0.3, 0.4) is 0 Å². The zero-order valence-electron chi connectivity index (χ0n) is 9.03. The Morgan fingerprint density at radius 1 is 1.79 bits per heavy atom. The minimum Gasteiger partial charge on any atom is -0.383 e. The maximum absolute atomic E-state index is 11.6. The second-order valence-corrected chi connectivity index (χ2v) is 3.76. The molecule has 1 amide bonds. The summed E-state index contributed by atoms with van der Waals surface area (Å²) in [4.78, 5) is 13.6. The third-order valence-electron chi connectivity index (χ3n) is 2.79. The van der Waals surface area contributed by atoms with Crippen LogP contribution in [0.25, 0.3) is 0 Å². The zero-order valence-corrected chi connectivity index (χ0v) is 9.03. The summed E-state index contributed by atoms with van der Waals surface area (Å²) in [6.45, 7) is 7.25. The number of ether oxygens (including phenoxy) is 1. The van der Waals surface area contributed by atoms with Crippen LogP contribution in [-0.4, -0.2) is 37.1 Å². The second-order valence-electron chi connectivity index (χ2n) is 3.76. The molecule has 0 saturated carbocycles. The lowest BCUT2D eigenvalue weighted by Crippen LogP contribution is -2.39. The van der Waals surface area contributed by atoms with Crippen molar-refractivity contribution in [3.63, 3.8) is 0 Å². The smallest absolute Gasteiger partial charge is 0.223 e. The average molecular weight is 197 g/mol. The third-order valence-corrected chi connectivity index (χ3v) is 2.79. The van der Waals surface area contributed by atoms with Crippen molar-refractivity contribution in [2.75, 3.05) is 20.3 Å². The molecule has 1 aliphatic rings. The Bertz CT molecular complexity index is 215. The van der Waals surface area contributed by atoms with Crippen molar-refractivity contribution >= 4 is 5.91 Å². The van der Waals surface area contributed by atoms with Crippen molar-refractivity contribution in [3.8, 4) is 0 Å². The molecular weight excluding hydrogens is 178 g/mol. The van der Waals surface area contributed by atoms with Gasteiger partial charge in [-0.3, -0.25) is 4.79 Å². The first kappa shape index (κ1) is 11.2. The summed E-state index contributed by atoms with van der Waals surface area (Å²) in [6.07, 6.45) is 3.44. The second kappa shape index (κ2) is 5.15. The summed E-state index contributed by atoms with van der Waals surface area (Å²) in [7, 11) is 1.67. The lowest BCUT2D eigenvalue weighted by atomic mass is 10.1. The van der Waals surface area contributed by atoms with Gasteiger partial charge in [0.25, 0.3) is 0 Å². The predicted molar refractivity (Wildman–Crippen MR) is 56.0 cm³/mol. The van der Waals surface area contributed by atoms with Crippen molar-refractivity contribution in [3.05, 3.63) is 12.7 Å². The summed E-state index contributed by atoms with van der Waals surface area (Å²) in [5.74, 6) is 0.562. The van der Waals surface area contributed by atoms with Gasteiger partial charge in [0.1, 0.15) is 0 Å². The van der Waals surface area contributed by atoms with Gasteiger partial charge in [-0.05, 0) is 6.42 Å². The standard InChI is InChI=1S/C11H19NO2/c1-4-9-6-11(13)12(7-9)10(5-2)8-14-3/h4,9-10H,1,5-8H2,2-3H3. The fourth-order valence-corrected chi connectivity index (χ4v) is 1.89. The number of rotatable bonds is 5. The highest BCUT2D eigenvalue weighted by atomic mass is 16.5. The van der Waals surface area contributed by atoms with Crippen LogP contribution in [0.4, 0.5) is 0 Å². The van der Waals surface area contributed by atoms with E-state index in [-0.39, 0.29) is 11.9 Å². The molecule has 2 unspecified atom stereocenters. The zero-order chi connectivity index (χ0) is 10.6. The molecule has 2 atom stereocenters. The van der Waals surface area contributed by atoms with Crippen LogP contribution in [0.1, 0.15) is 19.8 Å². The lowest BCUT2D eigenvalue weighted by molar-refractivity contribution is -0.130. The molecule has 0 aromatic rings. The van der Waals surface area contributed by atoms with E-state index >= 15 is 0 Å². The molecule has 0 aliphatic carbocycles. The number of likely N-dealkylation sites (tertiary alicyclic amines) is 1. The summed E-state index contributed by atoms with van der Waals surface area (Å²) < 4.78 is 5.10. The monoisotopic (exact) mass is 197 g/mol. The van der Waals surface area contributed by atoms with Crippen LogP contribution in [0.15, 0.2) is 12.7 Å². The Kier molecular flexibility index (Phi) is 4.14. The first-order valence-corrected chi connectivity index (χ1v) is 5.13. The molecule has 1 fully saturated rings. The number of amides is 1. The van der Waals surface area contributed by atoms with Gasteiger partial charge in [-0.1, -0.05) is 13.0 Å². The number of carbonyl (C=O) groups is 1. The number of hydrogen-bond acceptors (Lipinski definition) is 2. The summed E-state index contributed by atoms with van der Waals surface area (Å²) in [5.41, 5.74) is 0. The SMILES string of the molecule is C=CC1CC(=O)N(C(CC)COC)C1. The molecule has 0 aromatic heterocycles. The van der Waals surface area contributed by atoms with Crippen molar-refractivity contribution in [2.24, 2.45) is 5.92 Å². The molecule has 0 aromatic carbocycles. The van der Waals surface area contributed by atoms with E-state index in [1.165, 1.54) is 0 Å². The molecule has 1 rings (SSSR count). The molecule has 0 N–H and O–H groups in total. The van der Waals surface area contributed by atoms with Crippen LogP contribution in [0.5, 0.6) is 0 Å². The first-order valence-electron chi connectivity index (χ1n) is 5.13. The lowest BCUT2D eigenvalue weighted by Gasteiger charge is -2.26. The van der Waals surface area contributed by atoms with E-state index in [4.69, 9.17) is 4.74 Å². The van der Waals surface area contributed by atoms with E-state index in [0.717, 1.165) is 13.0 Å². The fraction of sp³-hybridized carbons (Fsp3) is 0.727. The Hall–Kier alpha value is -0.830. The molecule has 1 heterocycles. The molecular formula is C11H19NO2. The van der Waals surface area contributed by atoms with E-state index in [0.29, 0.717) is 18.9 Å². The molecule has 3 nitrogen and oxygen atoms in total. The van der Waals surface area contributed by atoms with Crippen LogP contribution < -0.4 is 0 Å². The van der Waals surface area contributed by atoms with Crippen LogP contribution in [0.2, 0.25) is 0 Å². The predicted octanol–water partition coefficient (Wildman–Crippen LogP) is 1.45. The molecule has 1 aliphatic heterocycles. The van der Waals surface area contributed by atoms with Gasteiger partial charge in [0.05, 0.1) is 12.6 Å². The van der Waals surface area contributed by atoms with E-state index < -0.39 is 0 Å². The molecule has 14 heavy (non-hydrogen) atoms. The van der Waals surface area contributed by atoms with Crippen LogP contribution in [0, 0.1) is 5.92 Å². The molecule has 0 spiro atoms. The summed E-state index contributed by atoms with van der Waals surface area (Å²) in [6, 6.07) is 0.234. The van der Waals surface area contributed by atoms with Gasteiger partial charge in [-0.2, -0.15) is 0 Å². The number of carbonyl (C=O) groups excluding carboxylic acids is 1. The Morgan fingerprint density at radius 3 is 2.93 bits per heavy atom. The van der Waals surface area contributed by atoms with Crippen LogP contribution in [-0.2, 0) is 9.53 Å². The maximum atomic E-state index is 11.6. The first-order chi connectivity index (χ1) is 6.72. The fourth-order valence-electron chi connectivity index (χ4n) is 1.89. The highest BCUT2D eigenvalue weighted by Gasteiger charge is 2.31. The number of methoxy groups -OCH3 is 1. The van der Waals surface area contributed by atoms with E-state index in [9.17, 15) is 4.79 Å². The Balaban J connectivity index is 2.58. The Morgan fingerprint density at radius 2 is 2.50 bits per heavy atom. The molecule has 0 bridgehead atoms. The Labute approximate surface area is 85.7 Å². The third kappa shape index (κ3) is 2.35. The highest BCUT2D eigenvalue weighted by Crippen LogP contribution is 2.22. The maximum Gasteiger partial charge on any atom is 0.223 e. The van der Waals surface area contributed by atoms with Gasteiger partial charge < -0.3 is 9.64 Å². The molecule has 1 saturated heterocycles. The van der Waals surface area contributed by atoms with Gasteiger partial charge in [-0.25, -0.2) is 0 Å². The highest BCUT2D eigenvalue weighted by molar-refractivity contribution is 5.79. The van der Waals surface area contributed by atoms with Gasteiger partial charge in [0, 0.05) is 26.0 Å². The van der Waals surface area contributed by atoms with Crippen molar-refractivity contribution in [1.29, 1.82) is 0 Å². The van der Waals surface area contributed by atoms with Gasteiger partial charge in [-0.15, -0.1) is 6.58 Å². The van der Waals surface area contributed by atoms with Crippen molar-refractivity contribution in [2.45, 2.75) is 25.8 Å². The van der Waals surface area contributed by atoms with Crippen molar-refractivity contribution < 1.29 is 9.53 Å². The molecule has 3 heteroatoms. The minimum absolute atomic E-state index is 0.234. The van der Waals surface area contributed by atoms with E-state index in [1.54, 1.807) is 7.11 Å². The average Bonchev–Trinajstić information content (AvgIpc) is 2.56. The molecule has 80 valence electrons. The molecule has 0 radical (unpaired) electrons. The van der Waals surface area contributed by atoms with E-state index in [1.807, 2.05) is 11.0 Å². The minimum atomic E-state index is 0.234. The van der Waals surface area contributed by atoms with E-state index in [2.05, 4.69) is 13.5 Å². The van der Waals surface area contributed by atoms with Crippen LogP contribution >= 0.6 is 0 Å². The topological polar surface area (TPSA) is 29.5 Å². The summed E-state index contributed by atoms with van der Waals surface area (Å²) >= 11 is 0. The summed E-state index contributed by atoms with van der Waals surface area (Å²) in [5, 5.41) is 0. The van der Waals surface area contributed by atoms with Gasteiger partial charge in [0.2, 0.25) is 5.91 Å². The normalized spacial score (nSPS) is 24.0. The van der Waals surface area contributed by atoms with Gasteiger partial charge >= 0.3 is 0 Å². The number of nitrogens with zero attached hydrogens (tertiary/aromatic N) is 1. The van der Waals surface area contributed by atoms with Gasteiger partial charge in [0.15, 0.2) is 0 Å². The number of hydrogen-bond donors (Lipinski definition) is 0.